The van der Waals surface area contributed by atoms with E-state index in [1.54, 1.807) is 0 Å². The van der Waals surface area contributed by atoms with E-state index in [1.807, 2.05) is 6.92 Å². The maximum absolute atomic E-state index is 11.0. The monoisotopic (exact) mass is 451 g/mol. The first-order chi connectivity index (χ1) is 14.8. The van der Waals surface area contributed by atoms with E-state index >= 15 is 0 Å². The largest absolute Gasteiger partial charge is 0.480 e. The minimum absolute atomic E-state index is 0.208. The van der Waals surface area contributed by atoms with Gasteiger partial charge in [0.05, 0.1) is 6.33 Å². The fraction of sp³-hybridized carbons (Fsp3) is 0.579. The minimum Gasteiger partial charge on any atom is -0.480 e. The number of hydrogen-bond acceptors (Lipinski definition) is 9. The lowest BCUT2D eigenvalue weighted by molar-refractivity contribution is -0.138. The summed E-state index contributed by atoms with van der Waals surface area (Å²) in [7, 11) is -0.365. The second-order valence-electron chi connectivity index (χ2n) is 7.20. The summed E-state index contributed by atoms with van der Waals surface area (Å²) in [6.07, 6.45) is -0.150. The van der Waals surface area contributed by atoms with Gasteiger partial charge in [-0.1, -0.05) is 12.8 Å². The number of aliphatic hydroxyl groups is 2. The summed E-state index contributed by atoms with van der Waals surface area (Å²) in [5.41, 5.74) is 12.2. The van der Waals surface area contributed by atoms with Crippen LogP contribution in [0.1, 0.15) is 26.0 Å². The van der Waals surface area contributed by atoms with Crippen LogP contribution in [-0.4, -0.2) is 82.4 Å². The van der Waals surface area contributed by atoms with Gasteiger partial charge < -0.3 is 31.5 Å². The standard InChI is InChI=1S/C19H26N6O5S/c1-2-3-4-6-31(7-5-11(20)19(28)29)8-12-14(26)15(27)18(30-12)25-10-24-13-16(21)22-9-23-17(13)25/h9-12,14-15,18,26-27H,2,5-8,20H2,1H3,(H2-,21,22,23,28,29)/p+1/t11-,12+,14?,15?,18+,31?/m0/s1. The van der Waals surface area contributed by atoms with Gasteiger partial charge in [-0.15, -0.1) is 0 Å². The molecule has 0 spiro atoms. The zero-order chi connectivity index (χ0) is 22.5. The van der Waals surface area contributed by atoms with Gasteiger partial charge in [-0.3, -0.25) is 9.36 Å². The molecule has 3 rings (SSSR count). The Kier molecular flexibility index (Phi) is 7.69. The maximum atomic E-state index is 11.0. The summed E-state index contributed by atoms with van der Waals surface area (Å²) in [6, 6.07) is -0.954. The van der Waals surface area contributed by atoms with Crippen molar-refractivity contribution in [3.63, 3.8) is 0 Å². The minimum atomic E-state index is -1.20. The highest BCUT2D eigenvalue weighted by molar-refractivity contribution is 7.97. The average molecular weight is 452 g/mol. The fourth-order valence-corrected chi connectivity index (χ4v) is 5.36. The number of aliphatic hydroxyl groups excluding tert-OH is 2. The third-order valence-electron chi connectivity index (χ3n) is 5.01. The second-order valence-corrected chi connectivity index (χ2v) is 9.45. The first kappa shape index (κ1) is 23.2. The van der Waals surface area contributed by atoms with Crippen molar-refractivity contribution in [2.24, 2.45) is 5.73 Å². The lowest BCUT2D eigenvalue weighted by Gasteiger charge is -2.16. The molecule has 1 aliphatic rings. The number of aromatic nitrogens is 4. The van der Waals surface area contributed by atoms with Gasteiger partial charge in [0.2, 0.25) is 0 Å². The van der Waals surface area contributed by atoms with Gasteiger partial charge >= 0.3 is 5.97 Å². The Labute approximate surface area is 182 Å². The number of nitrogens with two attached hydrogens (primary N) is 2. The number of carbonyl (C=O) groups is 1. The van der Waals surface area contributed by atoms with Crippen molar-refractivity contribution in [1.29, 1.82) is 0 Å². The summed E-state index contributed by atoms with van der Waals surface area (Å²) in [6.45, 7) is 1.95. The Balaban J connectivity index is 1.74. The summed E-state index contributed by atoms with van der Waals surface area (Å²) in [5.74, 6) is 6.76. The molecule has 2 aromatic heterocycles. The Morgan fingerprint density at radius 2 is 2.10 bits per heavy atom. The van der Waals surface area contributed by atoms with Crippen LogP contribution in [0.5, 0.6) is 0 Å². The van der Waals surface area contributed by atoms with Crippen LogP contribution in [0, 0.1) is 11.8 Å². The number of rotatable bonds is 8. The number of hydrogen-bond donors (Lipinski definition) is 5. The maximum Gasteiger partial charge on any atom is 0.320 e. The normalized spacial score (nSPS) is 25.2. The van der Waals surface area contributed by atoms with Crippen LogP contribution in [0.3, 0.4) is 0 Å². The Morgan fingerprint density at radius 1 is 1.32 bits per heavy atom. The lowest BCUT2D eigenvalue weighted by atomic mass is 10.1. The third kappa shape index (κ3) is 5.25. The first-order valence-corrected chi connectivity index (χ1v) is 11.6. The van der Waals surface area contributed by atoms with Gasteiger partial charge in [0.15, 0.2) is 23.4 Å². The van der Waals surface area contributed by atoms with Gasteiger partial charge in [0, 0.05) is 23.7 Å². The van der Waals surface area contributed by atoms with Crippen LogP contribution >= 0.6 is 0 Å². The van der Waals surface area contributed by atoms with E-state index in [0.29, 0.717) is 41.3 Å². The van der Waals surface area contributed by atoms with Crippen molar-refractivity contribution in [3.05, 3.63) is 12.7 Å². The van der Waals surface area contributed by atoms with E-state index < -0.39 is 36.6 Å². The Bertz CT molecular complexity index is 976. The van der Waals surface area contributed by atoms with E-state index in [-0.39, 0.29) is 16.7 Å². The highest BCUT2D eigenvalue weighted by atomic mass is 32.2. The third-order valence-corrected chi connectivity index (χ3v) is 7.18. The fourth-order valence-electron chi connectivity index (χ4n) is 3.29. The average Bonchev–Trinajstić information content (AvgIpc) is 3.29. The first-order valence-electron chi connectivity index (χ1n) is 9.86. The zero-order valence-corrected chi connectivity index (χ0v) is 17.9. The van der Waals surface area contributed by atoms with Crippen molar-refractivity contribution in [2.45, 2.75) is 50.3 Å². The van der Waals surface area contributed by atoms with Crippen molar-refractivity contribution >= 4 is 33.8 Å². The molecular weight excluding hydrogens is 424 g/mol. The van der Waals surface area contributed by atoms with Crippen LogP contribution < -0.4 is 11.5 Å². The predicted octanol–water partition coefficient (Wildman–Crippen LogP) is -1.14. The number of fused-ring (bicyclic) bond motifs is 1. The molecule has 0 aliphatic carbocycles. The van der Waals surface area contributed by atoms with Gasteiger partial charge in [0.25, 0.3) is 0 Å². The van der Waals surface area contributed by atoms with Gasteiger partial charge in [0.1, 0.15) is 47.7 Å². The van der Waals surface area contributed by atoms with Crippen LogP contribution in [0.2, 0.25) is 0 Å². The number of ether oxygens (including phenoxy) is 1. The van der Waals surface area contributed by atoms with Gasteiger partial charge in [-0.2, -0.15) is 0 Å². The number of nitrogens with zero attached hydrogens (tertiary/aromatic N) is 4. The molecule has 12 heteroatoms. The van der Waals surface area contributed by atoms with Crippen molar-refractivity contribution in [1.82, 2.24) is 19.5 Å². The van der Waals surface area contributed by atoms with Crippen LogP contribution in [-0.2, 0) is 20.4 Å². The molecule has 0 saturated carbocycles. The molecule has 0 radical (unpaired) electrons. The SMILES string of the molecule is CCC#CC[S+](CC[C@H](N)C(=O)O)C[C@H]1O[C@@H](n2cnc3c(N)ncnc32)C(O)C1O. The second kappa shape index (κ2) is 10.3. The smallest absolute Gasteiger partial charge is 0.320 e. The van der Waals surface area contributed by atoms with Crippen molar-refractivity contribution in [3.8, 4) is 11.8 Å². The molecule has 0 amide bonds. The Hall–Kier alpha value is -2.43. The summed E-state index contributed by atoms with van der Waals surface area (Å²) in [4.78, 5) is 23.3. The molecule has 1 aliphatic heterocycles. The summed E-state index contributed by atoms with van der Waals surface area (Å²) < 4.78 is 7.53. The molecule has 7 N–H and O–H groups in total. The molecule has 31 heavy (non-hydrogen) atoms. The summed E-state index contributed by atoms with van der Waals surface area (Å²) in [5, 5.41) is 30.3. The molecule has 11 nitrogen and oxygen atoms in total. The highest BCUT2D eigenvalue weighted by Gasteiger charge is 2.47. The van der Waals surface area contributed by atoms with Crippen LogP contribution in [0.25, 0.3) is 11.2 Å². The molecular formula is C19H27N6O5S+. The quantitative estimate of drug-likeness (QED) is 0.243. The number of carboxylic acid groups (broad SMARTS) is 1. The molecule has 3 heterocycles. The lowest BCUT2D eigenvalue weighted by Crippen LogP contribution is -2.38. The van der Waals surface area contributed by atoms with E-state index in [0.717, 1.165) is 0 Å². The predicted molar refractivity (Wildman–Crippen MR) is 116 cm³/mol. The molecule has 1 saturated heterocycles. The van der Waals surface area contributed by atoms with E-state index in [4.69, 9.17) is 21.3 Å². The highest BCUT2D eigenvalue weighted by Crippen LogP contribution is 2.32. The van der Waals surface area contributed by atoms with E-state index in [1.165, 1.54) is 17.2 Å². The van der Waals surface area contributed by atoms with Crippen LogP contribution in [0.15, 0.2) is 12.7 Å². The topological polar surface area (TPSA) is 183 Å². The molecule has 3 unspecified atom stereocenters. The number of imidazole rings is 1. The number of nitrogen functional groups attached to an aromatic ring is 1. The molecule has 168 valence electrons. The van der Waals surface area contributed by atoms with Crippen molar-refractivity contribution < 1.29 is 24.9 Å². The molecule has 0 bridgehead atoms. The number of carboxylic acids is 1. The molecule has 0 aromatic carbocycles. The Morgan fingerprint density at radius 3 is 2.81 bits per heavy atom. The van der Waals surface area contributed by atoms with Gasteiger partial charge in [-0.05, 0) is 5.92 Å². The molecule has 2 aromatic rings. The van der Waals surface area contributed by atoms with E-state index in [2.05, 4.69) is 26.8 Å². The molecule has 6 atom stereocenters. The van der Waals surface area contributed by atoms with Gasteiger partial charge in [-0.25, -0.2) is 15.0 Å². The van der Waals surface area contributed by atoms with E-state index in [9.17, 15) is 15.0 Å². The zero-order valence-electron chi connectivity index (χ0n) is 17.1. The van der Waals surface area contributed by atoms with Crippen molar-refractivity contribution in [2.75, 3.05) is 23.0 Å². The molecule has 1 fully saturated rings. The van der Waals surface area contributed by atoms with Crippen LogP contribution in [0.4, 0.5) is 5.82 Å². The number of aliphatic carboxylic acids is 1. The summed E-state index contributed by atoms with van der Waals surface area (Å²) >= 11 is 0. The number of anilines is 1.